The summed E-state index contributed by atoms with van der Waals surface area (Å²) in [5.41, 5.74) is 6.50. The average molecular weight is 281 g/mol. The molecule has 2 nitrogen and oxygen atoms in total. The first-order chi connectivity index (χ1) is 10.1. The summed E-state index contributed by atoms with van der Waals surface area (Å²) < 4.78 is 19.9. The van der Waals surface area contributed by atoms with Crippen LogP contribution in [0.25, 0.3) is 10.8 Å². The van der Waals surface area contributed by atoms with Crippen molar-refractivity contribution >= 4 is 10.8 Å². The highest BCUT2D eigenvalue weighted by molar-refractivity contribution is 5.88. The van der Waals surface area contributed by atoms with Gasteiger partial charge in [0.25, 0.3) is 0 Å². The molecule has 0 radical (unpaired) electrons. The van der Waals surface area contributed by atoms with Gasteiger partial charge < -0.3 is 10.5 Å². The van der Waals surface area contributed by atoms with Crippen molar-refractivity contribution in [1.82, 2.24) is 0 Å². The van der Waals surface area contributed by atoms with Crippen LogP contribution in [0, 0.1) is 5.82 Å². The van der Waals surface area contributed by atoms with E-state index < -0.39 is 5.82 Å². The first kappa shape index (κ1) is 13.6. The Balaban J connectivity index is 1.99. The number of ether oxygens (including phenoxy) is 1. The molecule has 0 amide bonds. The van der Waals surface area contributed by atoms with E-state index >= 15 is 0 Å². The smallest absolute Gasteiger partial charge is 0.166 e. The molecular formula is C18H16FNO. The van der Waals surface area contributed by atoms with Gasteiger partial charge in [-0.3, -0.25) is 0 Å². The number of fused-ring (bicyclic) bond motifs is 1. The van der Waals surface area contributed by atoms with Crippen LogP contribution in [-0.4, -0.2) is 0 Å². The Kier molecular flexibility index (Phi) is 3.59. The highest BCUT2D eigenvalue weighted by Gasteiger charge is 2.09. The molecule has 0 saturated heterocycles. The molecule has 0 heterocycles. The van der Waals surface area contributed by atoms with Gasteiger partial charge >= 0.3 is 0 Å². The van der Waals surface area contributed by atoms with Crippen molar-refractivity contribution in [1.29, 1.82) is 0 Å². The Morgan fingerprint density at radius 2 is 1.71 bits per heavy atom. The predicted molar refractivity (Wildman–Crippen MR) is 83.0 cm³/mol. The molecule has 0 aromatic heterocycles. The Hall–Kier alpha value is -2.39. The van der Waals surface area contributed by atoms with Gasteiger partial charge in [-0.2, -0.15) is 0 Å². The Morgan fingerprint density at radius 3 is 2.48 bits per heavy atom. The zero-order valence-corrected chi connectivity index (χ0v) is 11.7. The van der Waals surface area contributed by atoms with Gasteiger partial charge in [0, 0.05) is 11.4 Å². The largest absolute Gasteiger partial charge is 0.454 e. The topological polar surface area (TPSA) is 35.2 Å². The zero-order chi connectivity index (χ0) is 14.8. The maximum Gasteiger partial charge on any atom is 0.166 e. The fraction of sp³-hybridized carbons (Fsp3) is 0.111. The SMILES string of the molecule is C[C@H](N)c1ccc(Oc2cccc3ccccc23)c(F)c1. The second-order valence-electron chi connectivity index (χ2n) is 5.06. The third-order valence-electron chi connectivity index (χ3n) is 3.45. The van der Waals surface area contributed by atoms with Crippen molar-refractivity contribution < 1.29 is 9.13 Å². The molecule has 0 fully saturated rings. The lowest BCUT2D eigenvalue weighted by molar-refractivity contribution is 0.445. The molecule has 0 aliphatic rings. The molecule has 3 heteroatoms. The molecule has 3 rings (SSSR count). The molecule has 3 aromatic carbocycles. The van der Waals surface area contributed by atoms with Crippen LogP contribution in [-0.2, 0) is 0 Å². The van der Waals surface area contributed by atoms with Gasteiger partial charge in [0.05, 0.1) is 0 Å². The first-order valence-corrected chi connectivity index (χ1v) is 6.86. The highest BCUT2D eigenvalue weighted by Crippen LogP contribution is 2.31. The molecule has 2 N–H and O–H groups in total. The van der Waals surface area contributed by atoms with Crippen molar-refractivity contribution in [2.45, 2.75) is 13.0 Å². The number of benzene rings is 3. The monoisotopic (exact) mass is 281 g/mol. The first-order valence-electron chi connectivity index (χ1n) is 6.86. The van der Waals surface area contributed by atoms with E-state index in [4.69, 9.17) is 10.5 Å². The van der Waals surface area contributed by atoms with Crippen molar-refractivity contribution in [3.05, 3.63) is 72.0 Å². The lowest BCUT2D eigenvalue weighted by atomic mass is 10.1. The van der Waals surface area contributed by atoms with E-state index in [9.17, 15) is 4.39 Å². The molecule has 0 saturated carbocycles. The van der Waals surface area contributed by atoms with Gasteiger partial charge in [-0.15, -0.1) is 0 Å². The molecule has 106 valence electrons. The van der Waals surface area contributed by atoms with Gasteiger partial charge in [-0.1, -0.05) is 42.5 Å². The summed E-state index contributed by atoms with van der Waals surface area (Å²) in [5.74, 6) is 0.439. The van der Waals surface area contributed by atoms with Crippen LogP contribution in [0.2, 0.25) is 0 Å². The van der Waals surface area contributed by atoms with E-state index in [1.165, 1.54) is 6.07 Å². The van der Waals surface area contributed by atoms with Gasteiger partial charge in [-0.05, 0) is 36.1 Å². The van der Waals surface area contributed by atoms with E-state index in [1.807, 2.05) is 49.4 Å². The van der Waals surface area contributed by atoms with Gasteiger partial charge in [-0.25, -0.2) is 4.39 Å². The maximum absolute atomic E-state index is 14.1. The van der Waals surface area contributed by atoms with E-state index in [1.54, 1.807) is 12.1 Å². The zero-order valence-electron chi connectivity index (χ0n) is 11.7. The van der Waals surface area contributed by atoms with Crippen LogP contribution in [0.4, 0.5) is 4.39 Å². The van der Waals surface area contributed by atoms with Gasteiger partial charge in [0.2, 0.25) is 0 Å². The number of hydrogen-bond donors (Lipinski definition) is 1. The predicted octanol–water partition coefficient (Wildman–Crippen LogP) is 4.79. The van der Waals surface area contributed by atoms with Gasteiger partial charge in [0.15, 0.2) is 11.6 Å². The fourth-order valence-corrected chi connectivity index (χ4v) is 2.29. The Labute approximate surface area is 123 Å². The van der Waals surface area contributed by atoms with Crippen LogP contribution in [0.5, 0.6) is 11.5 Å². The summed E-state index contributed by atoms with van der Waals surface area (Å²) in [6.07, 6.45) is 0. The van der Waals surface area contributed by atoms with E-state index in [0.717, 1.165) is 16.3 Å². The van der Waals surface area contributed by atoms with Crippen molar-refractivity contribution in [2.24, 2.45) is 5.73 Å². The molecule has 0 bridgehead atoms. The minimum Gasteiger partial charge on any atom is -0.454 e. The summed E-state index contributed by atoms with van der Waals surface area (Å²) in [6.45, 7) is 1.82. The van der Waals surface area contributed by atoms with Crippen LogP contribution < -0.4 is 10.5 Å². The summed E-state index contributed by atoms with van der Waals surface area (Å²) in [6, 6.07) is 18.2. The standard InChI is InChI=1S/C18H16FNO/c1-12(20)14-9-10-18(16(19)11-14)21-17-8-4-6-13-5-2-3-7-15(13)17/h2-12H,20H2,1H3/t12-/m0/s1. The normalized spacial score (nSPS) is 12.3. The van der Waals surface area contributed by atoms with E-state index in [-0.39, 0.29) is 11.8 Å². The second kappa shape index (κ2) is 5.54. The summed E-state index contributed by atoms with van der Waals surface area (Å²) in [5, 5.41) is 2.01. The number of hydrogen-bond acceptors (Lipinski definition) is 2. The third-order valence-corrected chi connectivity index (χ3v) is 3.45. The molecule has 1 atom stereocenters. The number of halogens is 1. The molecule has 0 unspecified atom stereocenters. The molecule has 21 heavy (non-hydrogen) atoms. The molecule has 3 aromatic rings. The van der Waals surface area contributed by atoms with Crippen LogP contribution >= 0.6 is 0 Å². The van der Waals surface area contributed by atoms with Crippen molar-refractivity contribution in [3.8, 4) is 11.5 Å². The molecule has 0 aliphatic heterocycles. The maximum atomic E-state index is 14.1. The average Bonchev–Trinajstić information content (AvgIpc) is 2.49. The van der Waals surface area contributed by atoms with E-state index in [0.29, 0.717) is 5.75 Å². The van der Waals surface area contributed by atoms with E-state index in [2.05, 4.69) is 0 Å². The summed E-state index contributed by atoms with van der Waals surface area (Å²) in [7, 11) is 0. The Bertz CT molecular complexity index is 778. The molecule has 0 spiro atoms. The molecule has 0 aliphatic carbocycles. The van der Waals surface area contributed by atoms with Crippen LogP contribution in [0.15, 0.2) is 60.7 Å². The lowest BCUT2D eigenvalue weighted by Crippen LogP contribution is -2.05. The fourth-order valence-electron chi connectivity index (χ4n) is 2.29. The number of rotatable bonds is 3. The van der Waals surface area contributed by atoms with Crippen molar-refractivity contribution in [3.63, 3.8) is 0 Å². The second-order valence-corrected chi connectivity index (χ2v) is 5.06. The quantitative estimate of drug-likeness (QED) is 0.749. The van der Waals surface area contributed by atoms with Crippen LogP contribution in [0.1, 0.15) is 18.5 Å². The Morgan fingerprint density at radius 1 is 0.952 bits per heavy atom. The molecular weight excluding hydrogens is 265 g/mol. The van der Waals surface area contributed by atoms with Gasteiger partial charge in [0.1, 0.15) is 5.75 Å². The minimum absolute atomic E-state index is 0.203. The lowest BCUT2D eigenvalue weighted by Gasteiger charge is -2.12. The summed E-state index contributed by atoms with van der Waals surface area (Å²) in [4.78, 5) is 0. The minimum atomic E-state index is -0.405. The summed E-state index contributed by atoms with van der Waals surface area (Å²) >= 11 is 0. The highest BCUT2D eigenvalue weighted by atomic mass is 19.1. The van der Waals surface area contributed by atoms with Crippen LogP contribution in [0.3, 0.4) is 0 Å². The van der Waals surface area contributed by atoms with Crippen molar-refractivity contribution in [2.75, 3.05) is 0 Å². The number of nitrogens with two attached hydrogens (primary N) is 1. The third kappa shape index (κ3) is 2.73.